The van der Waals surface area contributed by atoms with Gasteiger partial charge in [-0.25, -0.2) is 0 Å². The Morgan fingerprint density at radius 3 is 2.12 bits per heavy atom. The summed E-state index contributed by atoms with van der Waals surface area (Å²) in [6, 6.07) is 0. The summed E-state index contributed by atoms with van der Waals surface area (Å²) in [6.07, 6.45) is 0. The van der Waals surface area contributed by atoms with E-state index in [1.165, 1.54) is 0 Å². The third kappa shape index (κ3) is 2.56. The fraction of sp³-hybridized carbons (Fsp3) is 0.571. The van der Waals surface area contributed by atoms with Crippen LogP contribution in [0, 0.1) is 0 Å². The van der Waals surface area contributed by atoms with Gasteiger partial charge < -0.3 is 0 Å². The molecule has 0 saturated carbocycles. The minimum atomic E-state index is 0.860. The molecule has 0 heterocycles. The summed E-state index contributed by atoms with van der Waals surface area (Å²) in [7, 11) is 0. The molecule has 0 aromatic carbocycles. The second kappa shape index (κ2) is 3.42. The minimum absolute atomic E-state index is 0.860. The van der Waals surface area contributed by atoms with Crippen molar-refractivity contribution in [2.45, 2.75) is 20.8 Å². The van der Waals surface area contributed by atoms with Crippen molar-refractivity contribution < 1.29 is 0 Å². The molecule has 0 atom stereocenters. The van der Waals surface area contributed by atoms with Crippen LogP contribution in [0.5, 0.6) is 0 Å². The van der Waals surface area contributed by atoms with E-state index in [1.807, 2.05) is 20.8 Å². The van der Waals surface area contributed by atoms with E-state index in [0.29, 0.717) is 0 Å². The highest BCUT2D eigenvalue weighted by Crippen LogP contribution is 1.90. The van der Waals surface area contributed by atoms with Crippen molar-refractivity contribution in [1.82, 2.24) is 0 Å². The molecule has 1 heteroatoms. The second-order valence-electron chi connectivity index (χ2n) is 1.84. The van der Waals surface area contributed by atoms with Gasteiger partial charge >= 0.3 is 0 Å². The predicted octanol–water partition coefficient (Wildman–Crippen LogP) is 2.04. The van der Waals surface area contributed by atoms with Crippen LogP contribution in [0.25, 0.3) is 0 Å². The molecular weight excluding hydrogens is 98.1 g/mol. The third-order valence-corrected chi connectivity index (χ3v) is 1.01. The summed E-state index contributed by atoms with van der Waals surface area (Å²) in [5.74, 6) is 0. The molecule has 0 rings (SSSR count). The van der Waals surface area contributed by atoms with Crippen LogP contribution in [0.1, 0.15) is 20.8 Å². The van der Waals surface area contributed by atoms with E-state index in [-0.39, 0.29) is 0 Å². The fourth-order valence-electron chi connectivity index (χ4n) is 0.372. The highest BCUT2D eigenvalue weighted by Gasteiger charge is 1.85. The molecule has 0 bridgehead atoms. The van der Waals surface area contributed by atoms with Gasteiger partial charge in [-0.15, -0.1) is 0 Å². The van der Waals surface area contributed by atoms with E-state index in [4.69, 9.17) is 0 Å². The molecule has 0 N–H and O–H groups in total. The normalized spacial score (nSPS) is 11.6. The number of rotatable bonds is 2. The molecule has 0 amide bonds. The average Bonchev–Trinajstić information content (AvgIpc) is 1.67. The van der Waals surface area contributed by atoms with Gasteiger partial charge in [0.2, 0.25) is 0 Å². The Morgan fingerprint density at radius 1 is 1.50 bits per heavy atom. The van der Waals surface area contributed by atoms with Crippen molar-refractivity contribution in [2.24, 2.45) is 4.99 Å². The first-order valence-electron chi connectivity index (χ1n) is 2.85. The lowest BCUT2D eigenvalue weighted by molar-refractivity contribution is 1.12. The van der Waals surface area contributed by atoms with E-state index in [2.05, 4.69) is 11.6 Å². The summed E-state index contributed by atoms with van der Waals surface area (Å²) in [5.41, 5.74) is 2.12. The van der Waals surface area contributed by atoms with E-state index >= 15 is 0 Å². The van der Waals surface area contributed by atoms with E-state index in [1.54, 1.807) is 0 Å². The SMILES string of the molecule is C=C(C)/C(C)=N\CC. The number of hydrogen-bond donors (Lipinski definition) is 0. The van der Waals surface area contributed by atoms with Gasteiger partial charge in [-0.2, -0.15) is 0 Å². The lowest BCUT2D eigenvalue weighted by atomic mass is 10.2. The first-order chi connectivity index (χ1) is 3.68. The second-order valence-corrected chi connectivity index (χ2v) is 1.84. The zero-order chi connectivity index (χ0) is 6.57. The first-order valence-corrected chi connectivity index (χ1v) is 2.85. The molecule has 0 radical (unpaired) electrons. The molecular formula is C7H13N. The molecule has 0 fully saturated rings. The van der Waals surface area contributed by atoms with Crippen LogP contribution in [-0.4, -0.2) is 12.3 Å². The maximum absolute atomic E-state index is 4.14. The third-order valence-electron chi connectivity index (χ3n) is 1.01. The Bertz CT molecular complexity index is 112. The molecule has 1 nitrogen and oxygen atoms in total. The molecule has 0 spiro atoms. The quantitative estimate of drug-likeness (QED) is 0.483. The summed E-state index contributed by atoms with van der Waals surface area (Å²) >= 11 is 0. The standard InChI is InChI=1S/C7H13N/c1-5-8-7(4)6(2)3/h2,5H2,1,3-4H3/b8-7-. The first kappa shape index (κ1) is 7.41. The minimum Gasteiger partial charge on any atom is -0.290 e. The summed E-state index contributed by atoms with van der Waals surface area (Å²) in [4.78, 5) is 4.14. The average molecular weight is 111 g/mol. The number of aliphatic imine (C=N–C) groups is 1. The maximum Gasteiger partial charge on any atom is 0.0364 e. The molecule has 0 aliphatic rings. The molecule has 8 heavy (non-hydrogen) atoms. The van der Waals surface area contributed by atoms with E-state index < -0.39 is 0 Å². The van der Waals surface area contributed by atoms with Crippen molar-refractivity contribution in [3.05, 3.63) is 12.2 Å². The lowest BCUT2D eigenvalue weighted by Crippen LogP contribution is -1.91. The van der Waals surface area contributed by atoms with Crippen LogP contribution in [0.4, 0.5) is 0 Å². The Kier molecular flexibility index (Phi) is 3.16. The van der Waals surface area contributed by atoms with E-state index in [9.17, 15) is 0 Å². The lowest BCUT2D eigenvalue weighted by Gasteiger charge is -1.93. The zero-order valence-corrected chi connectivity index (χ0v) is 5.86. The van der Waals surface area contributed by atoms with Crippen LogP contribution in [0.15, 0.2) is 17.1 Å². The Hall–Kier alpha value is -0.590. The van der Waals surface area contributed by atoms with Crippen molar-refractivity contribution in [2.75, 3.05) is 6.54 Å². The van der Waals surface area contributed by atoms with Crippen molar-refractivity contribution in [3.8, 4) is 0 Å². The molecule has 0 aromatic heterocycles. The fourth-order valence-corrected chi connectivity index (χ4v) is 0.372. The Labute approximate surface area is 51.1 Å². The number of hydrogen-bond acceptors (Lipinski definition) is 1. The Balaban J connectivity index is 3.80. The summed E-state index contributed by atoms with van der Waals surface area (Å²) in [6.45, 7) is 10.6. The molecule has 0 aliphatic carbocycles. The van der Waals surface area contributed by atoms with Crippen LogP contribution in [0.3, 0.4) is 0 Å². The van der Waals surface area contributed by atoms with Crippen LogP contribution in [-0.2, 0) is 0 Å². The molecule has 46 valence electrons. The van der Waals surface area contributed by atoms with Crippen LogP contribution < -0.4 is 0 Å². The van der Waals surface area contributed by atoms with Crippen LogP contribution >= 0.6 is 0 Å². The van der Waals surface area contributed by atoms with Crippen molar-refractivity contribution >= 4 is 5.71 Å². The summed E-state index contributed by atoms with van der Waals surface area (Å²) < 4.78 is 0. The van der Waals surface area contributed by atoms with Gasteiger partial charge in [-0.3, -0.25) is 4.99 Å². The van der Waals surface area contributed by atoms with Gasteiger partial charge in [-0.05, 0) is 26.3 Å². The smallest absolute Gasteiger partial charge is 0.0364 e. The van der Waals surface area contributed by atoms with Gasteiger partial charge in [0, 0.05) is 12.3 Å². The van der Waals surface area contributed by atoms with Crippen molar-refractivity contribution in [3.63, 3.8) is 0 Å². The topological polar surface area (TPSA) is 12.4 Å². The zero-order valence-electron chi connectivity index (χ0n) is 5.86. The monoisotopic (exact) mass is 111 g/mol. The molecule has 0 saturated heterocycles. The van der Waals surface area contributed by atoms with E-state index in [0.717, 1.165) is 17.8 Å². The highest BCUT2D eigenvalue weighted by atomic mass is 14.7. The van der Waals surface area contributed by atoms with Gasteiger partial charge in [-0.1, -0.05) is 6.58 Å². The highest BCUT2D eigenvalue weighted by molar-refractivity contribution is 5.96. The molecule has 0 unspecified atom stereocenters. The number of nitrogens with zero attached hydrogens (tertiary/aromatic N) is 1. The number of allylic oxidation sites excluding steroid dienone is 1. The Morgan fingerprint density at radius 2 is 2.00 bits per heavy atom. The molecule has 0 aliphatic heterocycles. The van der Waals surface area contributed by atoms with Gasteiger partial charge in [0.05, 0.1) is 0 Å². The van der Waals surface area contributed by atoms with Gasteiger partial charge in [0.1, 0.15) is 0 Å². The van der Waals surface area contributed by atoms with Crippen molar-refractivity contribution in [1.29, 1.82) is 0 Å². The van der Waals surface area contributed by atoms with Crippen LogP contribution in [0.2, 0.25) is 0 Å². The predicted molar refractivity (Wildman–Crippen MR) is 38.5 cm³/mol. The largest absolute Gasteiger partial charge is 0.290 e. The maximum atomic E-state index is 4.14. The van der Waals surface area contributed by atoms with Gasteiger partial charge in [0.25, 0.3) is 0 Å². The summed E-state index contributed by atoms with van der Waals surface area (Å²) in [5, 5.41) is 0. The van der Waals surface area contributed by atoms with Gasteiger partial charge in [0.15, 0.2) is 0 Å². The molecule has 0 aromatic rings.